The zero-order valence-corrected chi connectivity index (χ0v) is 16.9. The van der Waals surface area contributed by atoms with Crippen LogP contribution in [0.5, 0.6) is 0 Å². The Balaban J connectivity index is 1.74. The summed E-state index contributed by atoms with van der Waals surface area (Å²) in [5.41, 5.74) is 1.32. The highest BCUT2D eigenvalue weighted by atomic mass is 35.5. The topological polar surface area (TPSA) is 83.5 Å². The van der Waals surface area contributed by atoms with Gasteiger partial charge in [-0.25, -0.2) is 4.98 Å². The van der Waals surface area contributed by atoms with Gasteiger partial charge in [-0.1, -0.05) is 31.5 Å². The highest BCUT2D eigenvalue weighted by molar-refractivity contribution is 6.30. The molecule has 150 valence electrons. The first kappa shape index (κ1) is 20.6. The molecule has 0 bridgehead atoms. The lowest BCUT2D eigenvalue weighted by Crippen LogP contribution is -2.46. The number of aromatic nitrogens is 1. The van der Waals surface area contributed by atoms with Gasteiger partial charge in [0.05, 0.1) is 11.2 Å². The van der Waals surface area contributed by atoms with Gasteiger partial charge in [-0.2, -0.15) is 0 Å². The fourth-order valence-electron chi connectivity index (χ4n) is 3.19. The van der Waals surface area contributed by atoms with E-state index < -0.39 is 5.60 Å². The standard InChI is InChI=1S/C21H26ClN3O3/c1-14(2)17-11-19(25-16-5-3-4-15(22)10-16)23-12-18(17)20(26)24-13-21(27)6-8-28-9-7-21/h3-5,10-12,14,27H,6-9,13H2,1-2H3,(H,23,25)(H,24,26). The normalized spacial score (nSPS) is 16.0. The van der Waals surface area contributed by atoms with Crippen LogP contribution in [0.4, 0.5) is 11.5 Å². The molecule has 1 aromatic heterocycles. The molecule has 1 aromatic carbocycles. The molecule has 1 amide bonds. The fourth-order valence-corrected chi connectivity index (χ4v) is 3.38. The quantitative estimate of drug-likeness (QED) is 0.681. The molecule has 1 aliphatic rings. The van der Waals surface area contributed by atoms with Gasteiger partial charge in [0, 0.05) is 49.5 Å². The Hall–Kier alpha value is -2.15. The second-order valence-corrected chi connectivity index (χ2v) is 7.90. The van der Waals surface area contributed by atoms with Gasteiger partial charge in [0.15, 0.2) is 0 Å². The minimum atomic E-state index is -0.909. The van der Waals surface area contributed by atoms with Crippen molar-refractivity contribution in [1.29, 1.82) is 0 Å². The van der Waals surface area contributed by atoms with E-state index in [9.17, 15) is 9.90 Å². The Morgan fingerprint density at radius 1 is 1.32 bits per heavy atom. The number of anilines is 2. The van der Waals surface area contributed by atoms with E-state index in [2.05, 4.69) is 15.6 Å². The number of carbonyl (C=O) groups excluding carboxylic acids is 1. The third-order valence-corrected chi connectivity index (χ3v) is 5.14. The predicted molar refractivity (Wildman–Crippen MR) is 110 cm³/mol. The lowest BCUT2D eigenvalue weighted by atomic mass is 9.94. The summed E-state index contributed by atoms with van der Waals surface area (Å²) in [5.74, 6) is 0.547. The number of benzene rings is 1. The van der Waals surface area contributed by atoms with Crippen LogP contribution in [-0.4, -0.2) is 41.4 Å². The number of hydrogen-bond donors (Lipinski definition) is 3. The smallest absolute Gasteiger partial charge is 0.253 e. The van der Waals surface area contributed by atoms with Gasteiger partial charge in [0.25, 0.3) is 5.91 Å². The molecule has 3 N–H and O–H groups in total. The molecule has 1 fully saturated rings. The maximum Gasteiger partial charge on any atom is 0.253 e. The summed E-state index contributed by atoms with van der Waals surface area (Å²) in [4.78, 5) is 17.1. The van der Waals surface area contributed by atoms with Crippen molar-refractivity contribution in [2.75, 3.05) is 25.1 Å². The molecule has 0 aliphatic carbocycles. The molecule has 0 unspecified atom stereocenters. The number of ether oxygens (including phenoxy) is 1. The highest BCUT2D eigenvalue weighted by Crippen LogP contribution is 2.25. The predicted octanol–water partition coefficient (Wildman–Crippen LogP) is 3.87. The van der Waals surface area contributed by atoms with Crippen LogP contribution in [0.1, 0.15) is 48.5 Å². The maximum absolute atomic E-state index is 12.7. The van der Waals surface area contributed by atoms with E-state index in [0.717, 1.165) is 11.3 Å². The molecule has 0 saturated carbocycles. The van der Waals surface area contributed by atoms with Crippen molar-refractivity contribution in [3.05, 3.63) is 52.7 Å². The Bertz CT molecular complexity index is 835. The van der Waals surface area contributed by atoms with E-state index >= 15 is 0 Å². The van der Waals surface area contributed by atoms with Gasteiger partial charge < -0.3 is 20.5 Å². The Morgan fingerprint density at radius 2 is 2.07 bits per heavy atom. The summed E-state index contributed by atoms with van der Waals surface area (Å²) in [6, 6.07) is 9.26. The summed E-state index contributed by atoms with van der Waals surface area (Å²) >= 11 is 6.03. The van der Waals surface area contributed by atoms with Crippen molar-refractivity contribution in [3.63, 3.8) is 0 Å². The van der Waals surface area contributed by atoms with Crippen LogP contribution >= 0.6 is 11.6 Å². The van der Waals surface area contributed by atoms with Gasteiger partial charge in [0.2, 0.25) is 0 Å². The molecule has 3 rings (SSSR count). The van der Waals surface area contributed by atoms with Crippen LogP contribution in [0.15, 0.2) is 36.5 Å². The molecular weight excluding hydrogens is 378 g/mol. The van der Waals surface area contributed by atoms with Gasteiger partial charge in [-0.3, -0.25) is 4.79 Å². The number of pyridine rings is 1. The summed E-state index contributed by atoms with van der Waals surface area (Å²) < 4.78 is 5.28. The summed E-state index contributed by atoms with van der Waals surface area (Å²) in [5, 5.41) is 17.3. The third kappa shape index (κ3) is 5.22. The third-order valence-electron chi connectivity index (χ3n) is 4.90. The molecule has 1 saturated heterocycles. The Labute approximate surface area is 170 Å². The van der Waals surface area contributed by atoms with E-state index in [4.69, 9.17) is 16.3 Å². The van der Waals surface area contributed by atoms with Crippen molar-refractivity contribution in [2.24, 2.45) is 0 Å². The average molecular weight is 404 g/mol. The first-order chi connectivity index (χ1) is 13.4. The van der Waals surface area contributed by atoms with E-state index in [0.29, 0.717) is 42.5 Å². The molecule has 2 heterocycles. The lowest BCUT2D eigenvalue weighted by molar-refractivity contribution is -0.0605. The summed E-state index contributed by atoms with van der Waals surface area (Å²) in [7, 11) is 0. The van der Waals surface area contributed by atoms with Gasteiger partial charge in [-0.05, 0) is 35.7 Å². The van der Waals surface area contributed by atoms with Gasteiger partial charge in [0.1, 0.15) is 5.82 Å². The fraction of sp³-hybridized carbons (Fsp3) is 0.429. The van der Waals surface area contributed by atoms with E-state index in [1.807, 2.05) is 38.1 Å². The van der Waals surface area contributed by atoms with Crippen LogP contribution in [0, 0.1) is 0 Å². The second-order valence-electron chi connectivity index (χ2n) is 7.47. The first-order valence-electron chi connectivity index (χ1n) is 9.47. The first-order valence-corrected chi connectivity index (χ1v) is 9.85. The monoisotopic (exact) mass is 403 g/mol. The SMILES string of the molecule is CC(C)c1cc(Nc2cccc(Cl)c2)ncc1C(=O)NCC1(O)CCOCC1. The van der Waals surface area contributed by atoms with Crippen LogP contribution in [0.25, 0.3) is 0 Å². The molecule has 6 nitrogen and oxygen atoms in total. The van der Waals surface area contributed by atoms with Crippen LogP contribution < -0.4 is 10.6 Å². The maximum atomic E-state index is 12.7. The molecule has 0 atom stereocenters. The zero-order valence-electron chi connectivity index (χ0n) is 16.2. The number of nitrogens with zero attached hydrogens (tertiary/aromatic N) is 1. The number of rotatable bonds is 6. The molecule has 0 spiro atoms. The molecule has 2 aromatic rings. The number of nitrogens with one attached hydrogen (secondary N) is 2. The molecular formula is C21H26ClN3O3. The molecule has 0 radical (unpaired) electrons. The van der Waals surface area contributed by atoms with Crippen LogP contribution in [0.2, 0.25) is 5.02 Å². The lowest BCUT2D eigenvalue weighted by Gasteiger charge is -2.32. The van der Waals surface area contributed by atoms with Crippen molar-refractivity contribution in [1.82, 2.24) is 10.3 Å². The van der Waals surface area contributed by atoms with Crippen molar-refractivity contribution < 1.29 is 14.6 Å². The number of hydrogen-bond acceptors (Lipinski definition) is 5. The Kier molecular flexibility index (Phi) is 6.54. The summed E-state index contributed by atoms with van der Waals surface area (Å²) in [6.07, 6.45) is 2.61. The van der Waals surface area contributed by atoms with Crippen molar-refractivity contribution in [2.45, 2.75) is 38.2 Å². The van der Waals surface area contributed by atoms with Crippen molar-refractivity contribution >= 4 is 29.0 Å². The highest BCUT2D eigenvalue weighted by Gasteiger charge is 2.30. The molecule has 28 heavy (non-hydrogen) atoms. The number of amides is 1. The largest absolute Gasteiger partial charge is 0.388 e. The van der Waals surface area contributed by atoms with Gasteiger partial charge in [-0.15, -0.1) is 0 Å². The molecule has 1 aliphatic heterocycles. The number of halogens is 1. The Morgan fingerprint density at radius 3 is 2.75 bits per heavy atom. The number of aliphatic hydroxyl groups is 1. The van der Waals surface area contributed by atoms with E-state index in [1.54, 1.807) is 12.3 Å². The van der Waals surface area contributed by atoms with E-state index in [-0.39, 0.29) is 18.4 Å². The minimum absolute atomic E-state index is 0.134. The van der Waals surface area contributed by atoms with E-state index in [1.165, 1.54) is 0 Å². The average Bonchev–Trinajstić information content (AvgIpc) is 2.67. The second kappa shape index (κ2) is 8.90. The van der Waals surface area contributed by atoms with Crippen LogP contribution in [0.3, 0.4) is 0 Å². The minimum Gasteiger partial charge on any atom is -0.388 e. The zero-order chi connectivity index (χ0) is 20.1. The van der Waals surface area contributed by atoms with Gasteiger partial charge >= 0.3 is 0 Å². The summed E-state index contributed by atoms with van der Waals surface area (Å²) in [6.45, 7) is 5.28. The van der Waals surface area contributed by atoms with Crippen molar-refractivity contribution in [3.8, 4) is 0 Å². The number of carbonyl (C=O) groups is 1. The molecule has 7 heteroatoms. The van der Waals surface area contributed by atoms with Crippen LogP contribution in [-0.2, 0) is 4.74 Å².